The molecule has 14 nitrogen and oxygen atoms in total. The number of nitrogens with zero attached hydrogens (tertiary/aromatic N) is 5. The second kappa shape index (κ2) is 19.5. The SMILES string of the molecule is C=CC(=O)N1CC[C@](C)(C(=O)N(C)C(C(=O)N[C@H]2Cc3cccc(c3)-c3ccc4c(c3)c(c(-c3cccnc3[C@H](C)OC)n4CC)CC(C)(C)COC(=O)[C@@H]3CCCN(N3)C2=O)C(C)C)C1. The summed E-state index contributed by atoms with van der Waals surface area (Å²) < 4.78 is 14.3. The minimum Gasteiger partial charge on any atom is -0.464 e. The van der Waals surface area contributed by atoms with Crippen LogP contribution in [0.3, 0.4) is 0 Å². The predicted octanol–water partition coefficient (Wildman–Crippen LogP) is 6.65. The zero-order valence-electron chi connectivity index (χ0n) is 40.1. The number of pyridine rings is 1. The molecule has 7 rings (SSSR count). The molecule has 0 saturated carbocycles. The van der Waals surface area contributed by atoms with Crippen LogP contribution in [0.1, 0.15) is 90.7 Å². The highest BCUT2D eigenvalue weighted by Crippen LogP contribution is 2.42. The monoisotopic (exact) mass is 902 g/mol. The Hall–Kier alpha value is -5.86. The van der Waals surface area contributed by atoms with Gasteiger partial charge in [-0.1, -0.05) is 64.6 Å². The first-order valence-electron chi connectivity index (χ1n) is 23.4. The van der Waals surface area contributed by atoms with E-state index in [4.69, 9.17) is 14.5 Å². The van der Waals surface area contributed by atoms with Crippen LogP contribution in [-0.2, 0) is 52.8 Å². The molecular formula is C52H67N7O7. The molecule has 4 aromatic rings. The van der Waals surface area contributed by atoms with Gasteiger partial charge in [0.1, 0.15) is 18.1 Å². The summed E-state index contributed by atoms with van der Waals surface area (Å²) in [5, 5.41) is 5.59. The molecule has 2 fully saturated rings. The van der Waals surface area contributed by atoms with E-state index in [2.05, 4.69) is 79.1 Å². The number of aromatic nitrogens is 2. The fourth-order valence-corrected chi connectivity index (χ4v) is 10.2. The first-order valence-corrected chi connectivity index (χ1v) is 23.4. The van der Waals surface area contributed by atoms with E-state index in [0.29, 0.717) is 45.3 Å². The predicted molar refractivity (Wildman–Crippen MR) is 255 cm³/mol. The number of aryl methyl sites for hydroxylation is 1. The number of benzene rings is 2. The summed E-state index contributed by atoms with van der Waals surface area (Å²) in [6.45, 7) is 19.3. The van der Waals surface area contributed by atoms with Gasteiger partial charge in [0.2, 0.25) is 17.7 Å². The molecule has 6 bridgehead atoms. The van der Waals surface area contributed by atoms with Gasteiger partial charge in [0, 0.05) is 74.8 Å². The summed E-state index contributed by atoms with van der Waals surface area (Å²) in [5.74, 6) is -2.14. The number of hydrogen-bond acceptors (Lipinski definition) is 9. The van der Waals surface area contributed by atoms with Crippen molar-refractivity contribution in [3.8, 4) is 22.4 Å². The molecule has 66 heavy (non-hydrogen) atoms. The minimum atomic E-state index is -1.06. The Kier molecular flexibility index (Phi) is 14.2. The van der Waals surface area contributed by atoms with Crippen molar-refractivity contribution in [3.05, 3.63) is 90.3 Å². The summed E-state index contributed by atoms with van der Waals surface area (Å²) in [5.41, 5.74) is 9.56. The number of amides is 4. The number of esters is 1. The molecule has 5 heterocycles. The topological polar surface area (TPSA) is 155 Å². The summed E-state index contributed by atoms with van der Waals surface area (Å²) in [6.07, 6.45) is 4.98. The van der Waals surface area contributed by atoms with E-state index in [9.17, 15) is 24.0 Å². The van der Waals surface area contributed by atoms with Gasteiger partial charge in [-0.3, -0.25) is 34.0 Å². The maximum Gasteiger partial charge on any atom is 0.324 e. The third kappa shape index (κ3) is 9.67. The number of nitrogens with one attached hydrogen (secondary N) is 2. The first-order chi connectivity index (χ1) is 31.4. The minimum absolute atomic E-state index is 0.134. The maximum absolute atomic E-state index is 14.7. The van der Waals surface area contributed by atoms with E-state index < -0.39 is 46.7 Å². The van der Waals surface area contributed by atoms with E-state index in [0.717, 1.165) is 50.1 Å². The number of likely N-dealkylation sites (N-methyl/N-ethyl adjacent to an activating group) is 1. The molecule has 4 amide bonds. The Bertz CT molecular complexity index is 2510. The lowest BCUT2D eigenvalue weighted by Crippen LogP contribution is -2.62. The van der Waals surface area contributed by atoms with Crippen molar-refractivity contribution in [1.29, 1.82) is 0 Å². The van der Waals surface area contributed by atoms with E-state index in [1.54, 1.807) is 25.3 Å². The second-order valence-electron chi connectivity index (χ2n) is 19.7. The van der Waals surface area contributed by atoms with E-state index in [-0.39, 0.29) is 43.4 Å². The van der Waals surface area contributed by atoms with Gasteiger partial charge in [0.05, 0.1) is 29.5 Å². The standard InChI is InChI=1S/C52H67N7O7/c1-11-43(60)57-25-22-52(8,30-57)50(64)56(9)45(32(3)4)47(61)54-41-27-34-16-13-17-35(26-34)36-20-21-42-38(28-36)39(46(58(42)12-2)37-18-14-23-53-44(37)33(5)65-10)29-51(6,7)31-66-49(63)40-19-15-24-59(55-40)48(41)62/h11,13-14,16-18,20-21,23,26,28,32-33,40-41,45,55H,1,12,15,19,22,24-25,27,29-31H2,2-10H3,(H,54,61)/t33-,40-,41-,45?,52-/m0/s1. The van der Waals surface area contributed by atoms with Crippen LogP contribution >= 0.6 is 0 Å². The number of hydrogen-bond donors (Lipinski definition) is 2. The fourth-order valence-electron chi connectivity index (χ4n) is 10.2. The van der Waals surface area contributed by atoms with Crippen LogP contribution in [0.15, 0.2) is 73.4 Å². The number of carbonyl (C=O) groups is 5. The second-order valence-corrected chi connectivity index (χ2v) is 19.7. The zero-order chi connectivity index (χ0) is 47.7. The molecule has 5 atom stereocenters. The molecule has 14 heteroatoms. The number of cyclic esters (lactones) is 1. The van der Waals surface area contributed by atoms with E-state index in [1.807, 2.05) is 45.9 Å². The smallest absolute Gasteiger partial charge is 0.324 e. The van der Waals surface area contributed by atoms with Gasteiger partial charge < -0.3 is 29.2 Å². The van der Waals surface area contributed by atoms with Gasteiger partial charge in [-0.15, -0.1) is 0 Å². The summed E-state index contributed by atoms with van der Waals surface area (Å²) >= 11 is 0. The number of carbonyl (C=O) groups excluding carboxylic acids is 5. The molecule has 0 radical (unpaired) electrons. The van der Waals surface area contributed by atoms with Crippen molar-refractivity contribution >= 4 is 40.5 Å². The van der Waals surface area contributed by atoms with Crippen molar-refractivity contribution < 1.29 is 33.4 Å². The van der Waals surface area contributed by atoms with Crippen molar-refractivity contribution in [3.63, 3.8) is 0 Å². The van der Waals surface area contributed by atoms with Crippen LogP contribution < -0.4 is 10.7 Å². The normalized spacial score (nSPS) is 22.1. The van der Waals surface area contributed by atoms with Crippen LogP contribution in [0.2, 0.25) is 0 Å². The largest absolute Gasteiger partial charge is 0.464 e. The summed E-state index contributed by atoms with van der Waals surface area (Å²) in [6, 6.07) is 15.8. The van der Waals surface area contributed by atoms with Crippen LogP contribution in [0.4, 0.5) is 0 Å². The van der Waals surface area contributed by atoms with Crippen LogP contribution in [0.5, 0.6) is 0 Å². The molecule has 2 aromatic heterocycles. The van der Waals surface area contributed by atoms with Gasteiger partial charge in [-0.05, 0) is 105 Å². The lowest BCUT2D eigenvalue weighted by molar-refractivity contribution is -0.155. The number of ether oxygens (including phenoxy) is 2. The zero-order valence-corrected chi connectivity index (χ0v) is 40.1. The van der Waals surface area contributed by atoms with Crippen molar-refractivity contribution in [1.82, 2.24) is 35.1 Å². The Morgan fingerprint density at radius 3 is 2.53 bits per heavy atom. The average molecular weight is 902 g/mol. The average Bonchev–Trinajstić information content (AvgIpc) is 3.86. The molecular weight excluding hydrogens is 835 g/mol. The number of hydrazine groups is 1. The molecule has 1 unspecified atom stereocenters. The van der Waals surface area contributed by atoms with Gasteiger partial charge in [-0.2, -0.15) is 0 Å². The van der Waals surface area contributed by atoms with Gasteiger partial charge in [0.25, 0.3) is 5.91 Å². The van der Waals surface area contributed by atoms with E-state index >= 15 is 0 Å². The third-order valence-corrected chi connectivity index (χ3v) is 13.7. The van der Waals surface area contributed by atoms with Crippen LogP contribution in [-0.4, -0.2) is 112 Å². The number of likely N-dealkylation sites (tertiary alicyclic amines) is 1. The summed E-state index contributed by atoms with van der Waals surface area (Å²) in [7, 11) is 3.30. The van der Waals surface area contributed by atoms with Crippen molar-refractivity contribution in [2.24, 2.45) is 16.7 Å². The maximum atomic E-state index is 14.7. The lowest BCUT2D eigenvalue weighted by atomic mass is 9.84. The quantitative estimate of drug-likeness (QED) is 0.132. The van der Waals surface area contributed by atoms with Crippen LogP contribution in [0, 0.1) is 16.7 Å². The van der Waals surface area contributed by atoms with Crippen molar-refractivity contribution in [2.75, 3.05) is 40.4 Å². The Morgan fingerprint density at radius 1 is 1.06 bits per heavy atom. The highest BCUT2D eigenvalue weighted by molar-refractivity contribution is 5.96. The van der Waals surface area contributed by atoms with Crippen molar-refractivity contribution in [2.45, 2.75) is 111 Å². The van der Waals surface area contributed by atoms with Crippen LogP contribution in [0.25, 0.3) is 33.3 Å². The molecule has 352 valence electrons. The first kappa shape index (κ1) is 48.1. The van der Waals surface area contributed by atoms with Gasteiger partial charge in [-0.25, -0.2) is 5.43 Å². The lowest BCUT2D eigenvalue weighted by Gasteiger charge is -2.38. The third-order valence-electron chi connectivity index (χ3n) is 13.7. The highest BCUT2D eigenvalue weighted by atomic mass is 16.5. The Labute approximate surface area is 389 Å². The van der Waals surface area contributed by atoms with E-state index in [1.165, 1.54) is 16.0 Å². The molecule has 2 aromatic carbocycles. The molecule has 2 N–H and O–H groups in total. The Balaban J connectivity index is 1.29. The molecule has 2 saturated heterocycles. The summed E-state index contributed by atoms with van der Waals surface area (Å²) in [4.78, 5) is 77.8. The number of rotatable bonds is 10. The van der Waals surface area contributed by atoms with Gasteiger partial charge in [0.15, 0.2) is 0 Å². The molecule has 0 spiro atoms. The molecule has 0 aliphatic carbocycles. The molecule has 3 aliphatic heterocycles. The molecule has 3 aliphatic rings. The number of fused-ring (bicyclic) bond motifs is 6. The number of methoxy groups -OCH3 is 1. The highest BCUT2D eigenvalue weighted by Gasteiger charge is 2.46. The Morgan fingerprint density at radius 2 is 1.82 bits per heavy atom. The fraction of sp³-hybridized carbons (Fsp3) is 0.500. The van der Waals surface area contributed by atoms with Gasteiger partial charge >= 0.3 is 5.97 Å².